The summed E-state index contributed by atoms with van der Waals surface area (Å²) in [5.41, 5.74) is 0.545. The molecule has 1 aliphatic rings. The first kappa shape index (κ1) is 27.0. The molecule has 1 N–H and O–H groups in total. The molecule has 198 valence electrons. The molecule has 1 fully saturated rings. The topological polar surface area (TPSA) is 66.8 Å². The second kappa shape index (κ2) is 10.0. The molecule has 3 aromatic carbocycles. The molecule has 1 amide bonds. The summed E-state index contributed by atoms with van der Waals surface area (Å²) in [7, 11) is 1.54. The summed E-state index contributed by atoms with van der Waals surface area (Å²) in [6.45, 7) is 5.69. The van der Waals surface area contributed by atoms with E-state index in [9.17, 15) is 27.9 Å². The number of nitrogens with zero attached hydrogens (tertiary/aromatic N) is 1. The first-order valence-electron chi connectivity index (χ1n) is 12.0. The monoisotopic (exact) mass is 523 g/mol. The van der Waals surface area contributed by atoms with Crippen LogP contribution >= 0.6 is 0 Å². The molecule has 1 saturated heterocycles. The van der Waals surface area contributed by atoms with Crippen molar-refractivity contribution >= 4 is 17.4 Å². The molecule has 0 radical (unpaired) electrons. The van der Waals surface area contributed by atoms with E-state index in [1.54, 1.807) is 55.6 Å². The lowest BCUT2D eigenvalue weighted by Crippen LogP contribution is -2.29. The Hall–Kier alpha value is -4.07. The number of ether oxygens (including phenoxy) is 1. The molecule has 1 unspecified atom stereocenters. The molecule has 8 heteroatoms. The molecule has 0 bridgehead atoms. The van der Waals surface area contributed by atoms with Crippen LogP contribution in [0.25, 0.3) is 5.76 Å². The number of amides is 1. The Bertz CT molecular complexity index is 1400. The van der Waals surface area contributed by atoms with Crippen LogP contribution in [0.2, 0.25) is 0 Å². The number of aliphatic hydroxyl groups excluding tert-OH is 1. The number of carbonyl (C=O) groups is 2. The van der Waals surface area contributed by atoms with Crippen molar-refractivity contribution in [2.45, 2.75) is 44.9 Å². The highest BCUT2D eigenvalue weighted by molar-refractivity contribution is 6.46. The Morgan fingerprint density at radius 2 is 1.63 bits per heavy atom. The van der Waals surface area contributed by atoms with E-state index in [0.717, 1.165) is 17.7 Å². The van der Waals surface area contributed by atoms with Crippen LogP contribution in [0.15, 0.2) is 78.4 Å². The first-order valence-corrected chi connectivity index (χ1v) is 12.0. The fourth-order valence-corrected chi connectivity index (χ4v) is 4.66. The summed E-state index contributed by atoms with van der Waals surface area (Å²) < 4.78 is 45.4. The average Bonchev–Trinajstić information content (AvgIpc) is 3.12. The number of aliphatic hydroxyl groups is 1. The van der Waals surface area contributed by atoms with Gasteiger partial charge in [-0.25, -0.2) is 0 Å². The largest absolute Gasteiger partial charge is 0.507 e. The quantitative estimate of drug-likeness (QED) is 0.232. The van der Waals surface area contributed by atoms with E-state index < -0.39 is 29.5 Å². The minimum absolute atomic E-state index is 0.127. The number of rotatable bonds is 5. The van der Waals surface area contributed by atoms with Gasteiger partial charge in [-0.1, -0.05) is 63.2 Å². The van der Waals surface area contributed by atoms with Gasteiger partial charge in [-0.2, -0.15) is 13.2 Å². The van der Waals surface area contributed by atoms with E-state index in [0.29, 0.717) is 16.9 Å². The number of Topliss-reactive ketones (excluding diaryl/α,β-unsaturated/α-hetero) is 1. The zero-order valence-corrected chi connectivity index (χ0v) is 21.5. The molecule has 1 heterocycles. The minimum Gasteiger partial charge on any atom is -0.507 e. The number of ketones is 1. The predicted octanol–water partition coefficient (Wildman–Crippen LogP) is 6.63. The highest BCUT2D eigenvalue weighted by atomic mass is 19.4. The molecule has 3 aromatic rings. The van der Waals surface area contributed by atoms with E-state index >= 15 is 0 Å². The van der Waals surface area contributed by atoms with Crippen LogP contribution in [-0.4, -0.2) is 28.8 Å². The maximum absolute atomic E-state index is 13.3. The first-order chi connectivity index (χ1) is 17.8. The number of hydrogen-bond acceptors (Lipinski definition) is 4. The van der Waals surface area contributed by atoms with Gasteiger partial charge in [-0.05, 0) is 46.9 Å². The summed E-state index contributed by atoms with van der Waals surface area (Å²) in [5.74, 6) is -1.56. The van der Waals surface area contributed by atoms with Gasteiger partial charge < -0.3 is 14.7 Å². The highest BCUT2D eigenvalue weighted by Gasteiger charge is 2.46. The summed E-state index contributed by atoms with van der Waals surface area (Å²) in [6, 6.07) is 17.3. The maximum Gasteiger partial charge on any atom is 0.416 e. The lowest BCUT2D eigenvalue weighted by Gasteiger charge is -2.26. The molecule has 0 spiro atoms. The van der Waals surface area contributed by atoms with Crippen LogP contribution in [0.4, 0.5) is 13.2 Å². The molecule has 4 rings (SSSR count). The van der Waals surface area contributed by atoms with Crippen molar-refractivity contribution < 1.29 is 32.6 Å². The summed E-state index contributed by atoms with van der Waals surface area (Å²) >= 11 is 0. The van der Waals surface area contributed by atoms with Gasteiger partial charge in [-0.15, -0.1) is 0 Å². The van der Waals surface area contributed by atoms with Crippen molar-refractivity contribution in [1.82, 2.24) is 4.90 Å². The van der Waals surface area contributed by atoms with Crippen LogP contribution in [0, 0.1) is 0 Å². The zero-order chi connectivity index (χ0) is 27.8. The minimum atomic E-state index is -4.55. The molecule has 1 atom stereocenters. The molecule has 38 heavy (non-hydrogen) atoms. The zero-order valence-electron chi connectivity index (χ0n) is 21.5. The second-order valence-electron chi connectivity index (χ2n) is 10.2. The summed E-state index contributed by atoms with van der Waals surface area (Å²) in [4.78, 5) is 27.8. The smallest absolute Gasteiger partial charge is 0.416 e. The van der Waals surface area contributed by atoms with E-state index in [1.165, 1.54) is 17.0 Å². The number of carbonyl (C=O) groups excluding carboxylic acids is 2. The van der Waals surface area contributed by atoms with Crippen LogP contribution in [0.3, 0.4) is 0 Å². The fraction of sp³-hybridized carbons (Fsp3) is 0.267. The van der Waals surface area contributed by atoms with Gasteiger partial charge in [0.05, 0.1) is 24.3 Å². The highest BCUT2D eigenvalue weighted by Crippen LogP contribution is 2.42. The third-order valence-electron chi connectivity index (χ3n) is 6.54. The van der Waals surface area contributed by atoms with Crippen LogP contribution in [0.1, 0.15) is 54.6 Å². The Labute approximate surface area is 219 Å². The van der Waals surface area contributed by atoms with Gasteiger partial charge in [0.2, 0.25) is 0 Å². The van der Waals surface area contributed by atoms with Gasteiger partial charge >= 0.3 is 6.18 Å². The summed E-state index contributed by atoms with van der Waals surface area (Å²) in [6.07, 6.45) is -4.55. The van der Waals surface area contributed by atoms with E-state index in [-0.39, 0.29) is 28.9 Å². The van der Waals surface area contributed by atoms with Crippen LogP contribution < -0.4 is 4.74 Å². The second-order valence-corrected chi connectivity index (χ2v) is 10.2. The Kier molecular flexibility index (Phi) is 7.10. The van der Waals surface area contributed by atoms with Crippen molar-refractivity contribution in [2.75, 3.05) is 7.11 Å². The number of methoxy groups -OCH3 is 1. The molecular formula is C30H28F3NO4. The van der Waals surface area contributed by atoms with Crippen molar-refractivity contribution in [3.63, 3.8) is 0 Å². The van der Waals surface area contributed by atoms with E-state index in [1.807, 2.05) is 20.8 Å². The van der Waals surface area contributed by atoms with Crippen LogP contribution in [-0.2, 0) is 27.7 Å². The lowest BCUT2D eigenvalue weighted by atomic mass is 9.84. The third-order valence-corrected chi connectivity index (χ3v) is 6.54. The number of benzene rings is 3. The van der Waals surface area contributed by atoms with Crippen molar-refractivity contribution in [3.05, 3.63) is 106 Å². The number of likely N-dealkylation sites (tertiary alicyclic amines) is 1. The maximum atomic E-state index is 13.3. The molecule has 5 nitrogen and oxygen atoms in total. The van der Waals surface area contributed by atoms with Gasteiger partial charge in [-0.3, -0.25) is 9.59 Å². The Morgan fingerprint density at radius 3 is 2.24 bits per heavy atom. The van der Waals surface area contributed by atoms with Gasteiger partial charge in [0.1, 0.15) is 11.5 Å². The molecule has 1 aliphatic heterocycles. The SMILES string of the molecule is COc1ccc(/C(O)=C2/C(=O)C(=O)N(Cc3cccc(C(F)(F)F)c3)C2c2ccccc2)cc1C(C)(C)C. The molecular weight excluding hydrogens is 495 g/mol. The van der Waals surface area contributed by atoms with Crippen molar-refractivity contribution in [3.8, 4) is 5.75 Å². The van der Waals surface area contributed by atoms with Gasteiger partial charge in [0.25, 0.3) is 11.7 Å². The Morgan fingerprint density at radius 1 is 0.947 bits per heavy atom. The Balaban J connectivity index is 1.86. The fourth-order valence-electron chi connectivity index (χ4n) is 4.66. The number of hydrogen-bond donors (Lipinski definition) is 1. The van der Waals surface area contributed by atoms with Gasteiger partial charge in [0, 0.05) is 17.7 Å². The molecule has 0 aromatic heterocycles. The van der Waals surface area contributed by atoms with E-state index in [2.05, 4.69) is 0 Å². The third kappa shape index (κ3) is 5.16. The van der Waals surface area contributed by atoms with Gasteiger partial charge in [0.15, 0.2) is 0 Å². The standard InChI is InChI=1S/C30H28F3NO4/c1-29(2,3)22-16-20(13-14-23(22)38-4)26(35)24-25(19-10-6-5-7-11-19)34(28(37)27(24)36)17-18-9-8-12-21(15-18)30(31,32)33/h5-16,25,35H,17H2,1-4H3/b26-24-. The average molecular weight is 524 g/mol. The molecule has 0 saturated carbocycles. The van der Waals surface area contributed by atoms with Crippen molar-refractivity contribution in [1.29, 1.82) is 0 Å². The van der Waals surface area contributed by atoms with Crippen molar-refractivity contribution in [2.24, 2.45) is 0 Å². The predicted molar refractivity (Wildman–Crippen MR) is 137 cm³/mol. The van der Waals surface area contributed by atoms with E-state index in [4.69, 9.17) is 4.74 Å². The normalized spacial score (nSPS) is 17.7. The summed E-state index contributed by atoms with van der Waals surface area (Å²) in [5, 5.41) is 11.4. The number of alkyl halides is 3. The molecule has 0 aliphatic carbocycles. The lowest BCUT2D eigenvalue weighted by molar-refractivity contribution is -0.140. The van der Waals surface area contributed by atoms with Crippen LogP contribution in [0.5, 0.6) is 5.75 Å². The number of halogens is 3.